The molecule has 0 fully saturated rings. The smallest absolute Gasteiger partial charge is 0.391 e. The van der Waals surface area contributed by atoms with E-state index in [1.807, 2.05) is 0 Å². The summed E-state index contributed by atoms with van der Waals surface area (Å²) in [4.78, 5) is -0.351. The third-order valence-electron chi connectivity index (χ3n) is 1.75. The highest BCUT2D eigenvalue weighted by Crippen LogP contribution is 2.36. The van der Waals surface area contributed by atoms with Gasteiger partial charge in [-0.2, -0.15) is 13.2 Å². The van der Waals surface area contributed by atoms with Crippen LogP contribution in [0.3, 0.4) is 0 Å². The lowest BCUT2D eigenvalue weighted by molar-refractivity contribution is -0.134. The van der Waals surface area contributed by atoms with Gasteiger partial charge in [-0.25, -0.2) is 0 Å². The van der Waals surface area contributed by atoms with Gasteiger partial charge in [-0.1, -0.05) is 0 Å². The van der Waals surface area contributed by atoms with Gasteiger partial charge in [-0.05, 0) is 19.1 Å². The summed E-state index contributed by atoms with van der Waals surface area (Å²) in [6.45, 7) is 1.44. The molecule has 0 saturated heterocycles. The summed E-state index contributed by atoms with van der Waals surface area (Å²) in [5.41, 5.74) is 5.49. The molecule has 1 aromatic rings. The predicted octanol–water partition coefficient (Wildman–Crippen LogP) is 2.15. The van der Waals surface area contributed by atoms with Crippen LogP contribution in [0.5, 0.6) is 0 Å². The van der Waals surface area contributed by atoms with E-state index < -0.39 is 23.2 Å². The van der Waals surface area contributed by atoms with E-state index in [0.29, 0.717) is 16.2 Å². The van der Waals surface area contributed by atoms with E-state index in [1.165, 1.54) is 13.0 Å². The Morgan fingerprint density at radius 2 is 2.00 bits per heavy atom. The normalized spacial score (nSPS) is 16.7. The SMILES string of the molecule is CC(O)C(N)c1ccc(C(F)(F)F)s1. The van der Waals surface area contributed by atoms with E-state index >= 15 is 0 Å². The molecule has 80 valence electrons. The first-order valence-electron chi connectivity index (χ1n) is 3.93. The van der Waals surface area contributed by atoms with Crippen molar-refractivity contribution in [3.63, 3.8) is 0 Å². The Kier molecular flexibility index (Phi) is 3.18. The standard InChI is InChI=1S/C8H10F3NOS/c1-4(13)7(12)5-2-3-6(14-5)8(9,10)11/h2-4,7,13H,12H2,1H3. The lowest BCUT2D eigenvalue weighted by Crippen LogP contribution is -2.21. The number of alkyl halides is 3. The Labute approximate surface area is 83.2 Å². The first kappa shape index (κ1) is 11.5. The number of aliphatic hydroxyl groups excluding tert-OH is 1. The van der Waals surface area contributed by atoms with Crippen LogP contribution in [0.1, 0.15) is 22.7 Å². The van der Waals surface area contributed by atoms with Crippen LogP contribution in [0.4, 0.5) is 13.2 Å². The van der Waals surface area contributed by atoms with Crippen molar-refractivity contribution in [1.29, 1.82) is 0 Å². The molecule has 1 heterocycles. The lowest BCUT2D eigenvalue weighted by Gasteiger charge is -2.12. The highest BCUT2D eigenvalue weighted by atomic mass is 32.1. The number of halogens is 3. The molecule has 0 bridgehead atoms. The quantitative estimate of drug-likeness (QED) is 0.810. The summed E-state index contributed by atoms with van der Waals surface area (Å²) in [6, 6.07) is 1.52. The van der Waals surface area contributed by atoms with Gasteiger partial charge in [0.15, 0.2) is 0 Å². The number of rotatable bonds is 2. The predicted molar refractivity (Wildman–Crippen MR) is 47.9 cm³/mol. The molecule has 14 heavy (non-hydrogen) atoms. The molecular weight excluding hydrogens is 215 g/mol. The van der Waals surface area contributed by atoms with Crippen molar-refractivity contribution in [2.75, 3.05) is 0 Å². The second-order valence-electron chi connectivity index (χ2n) is 2.97. The minimum Gasteiger partial charge on any atom is -0.391 e. The molecule has 1 aromatic heterocycles. The van der Waals surface area contributed by atoms with Gasteiger partial charge in [0.05, 0.1) is 12.1 Å². The third kappa shape index (κ3) is 2.46. The molecule has 0 radical (unpaired) electrons. The first-order chi connectivity index (χ1) is 6.32. The van der Waals surface area contributed by atoms with Gasteiger partial charge in [0.25, 0.3) is 0 Å². The summed E-state index contributed by atoms with van der Waals surface area (Å²) >= 11 is 0.566. The molecule has 2 unspecified atom stereocenters. The number of hydrogen-bond donors (Lipinski definition) is 2. The van der Waals surface area contributed by atoms with Gasteiger partial charge in [-0.3, -0.25) is 0 Å². The van der Waals surface area contributed by atoms with Gasteiger partial charge in [0.2, 0.25) is 0 Å². The Morgan fingerprint density at radius 1 is 1.43 bits per heavy atom. The molecule has 0 saturated carbocycles. The zero-order chi connectivity index (χ0) is 10.9. The molecule has 6 heteroatoms. The van der Waals surface area contributed by atoms with Gasteiger partial charge in [0, 0.05) is 4.88 Å². The van der Waals surface area contributed by atoms with Crippen molar-refractivity contribution in [3.8, 4) is 0 Å². The van der Waals surface area contributed by atoms with E-state index in [2.05, 4.69) is 0 Å². The van der Waals surface area contributed by atoms with Crippen molar-refractivity contribution in [3.05, 3.63) is 21.9 Å². The maximum Gasteiger partial charge on any atom is 0.425 e. The molecule has 0 spiro atoms. The van der Waals surface area contributed by atoms with E-state index in [-0.39, 0.29) is 0 Å². The molecule has 0 aliphatic heterocycles. The van der Waals surface area contributed by atoms with Gasteiger partial charge in [0.1, 0.15) is 4.88 Å². The van der Waals surface area contributed by atoms with Gasteiger partial charge in [-0.15, -0.1) is 11.3 Å². The lowest BCUT2D eigenvalue weighted by atomic mass is 10.1. The Balaban J connectivity index is 2.89. The molecule has 2 atom stereocenters. The first-order valence-corrected chi connectivity index (χ1v) is 4.74. The maximum absolute atomic E-state index is 12.2. The summed E-state index contributed by atoms with van der Waals surface area (Å²) in [5.74, 6) is 0. The molecule has 0 amide bonds. The Bertz CT molecular complexity index is 308. The summed E-state index contributed by atoms with van der Waals surface area (Å²) in [5, 5.41) is 9.09. The molecule has 0 aliphatic carbocycles. The fraction of sp³-hybridized carbons (Fsp3) is 0.500. The average molecular weight is 225 g/mol. The van der Waals surface area contributed by atoms with Gasteiger partial charge >= 0.3 is 6.18 Å². The van der Waals surface area contributed by atoms with Gasteiger partial charge < -0.3 is 10.8 Å². The minimum atomic E-state index is -4.33. The fourth-order valence-electron chi connectivity index (χ4n) is 0.922. The Morgan fingerprint density at radius 3 is 2.36 bits per heavy atom. The third-order valence-corrected chi connectivity index (χ3v) is 2.99. The van der Waals surface area contributed by atoms with Crippen molar-refractivity contribution >= 4 is 11.3 Å². The van der Waals surface area contributed by atoms with Crippen LogP contribution in [-0.2, 0) is 6.18 Å². The molecule has 2 nitrogen and oxygen atoms in total. The van der Waals surface area contributed by atoms with Crippen molar-refractivity contribution < 1.29 is 18.3 Å². The van der Waals surface area contributed by atoms with Crippen LogP contribution in [-0.4, -0.2) is 11.2 Å². The van der Waals surface area contributed by atoms with Crippen LogP contribution in [0.15, 0.2) is 12.1 Å². The van der Waals surface area contributed by atoms with E-state index in [1.54, 1.807) is 0 Å². The average Bonchev–Trinajstić information content (AvgIpc) is 2.49. The van der Waals surface area contributed by atoms with E-state index in [4.69, 9.17) is 10.8 Å². The van der Waals surface area contributed by atoms with Crippen LogP contribution in [0, 0.1) is 0 Å². The van der Waals surface area contributed by atoms with Crippen molar-refractivity contribution in [1.82, 2.24) is 0 Å². The van der Waals surface area contributed by atoms with Crippen LogP contribution < -0.4 is 5.73 Å². The number of hydrogen-bond acceptors (Lipinski definition) is 3. The topological polar surface area (TPSA) is 46.2 Å². The molecule has 0 aliphatic rings. The minimum absolute atomic E-state index is 0.340. The van der Waals surface area contributed by atoms with Crippen LogP contribution in [0.2, 0.25) is 0 Å². The second-order valence-corrected chi connectivity index (χ2v) is 4.08. The summed E-state index contributed by atoms with van der Waals surface area (Å²) in [7, 11) is 0. The zero-order valence-electron chi connectivity index (χ0n) is 7.38. The van der Waals surface area contributed by atoms with E-state index in [0.717, 1.165) is 6.07 Å². The second kappa shape index (κ2) is 3.88. The highest BCUT2D eigenvalue weighted by molar-refractivity contribution is 7.12. The van der Waals surface area contributed by atoms with Crippen molar-refractivity contribution in [2.24, 2.45) is 5.73 Å². The number of nitrogens with two attached hydrogens (primary N) is 1. The molecule has 0 aromatic carbocycles. The highest BCUT2D eigenvalue weighted by Gasteiger charge is 2.33. The van der Waals surface area contributed by atoms with Crippen LogP contribution >= 0.6 is 11.3 Å². The monoisotopic (exact) mass is 225 g/mol. The number of aliphatic hydroxyl groups is 1. The largest absolute Gasteiger partial charge is 0.425 e. The molecular formula is C8H10F3NOS. The number of thiophene rings is 1. The maximum atomic E-state index is 12.2. The fourth-order valence-corrected chi connectivity index (χ4v) is 1.90. The zero-order valence-corrected chi connectivity index (χ0v) is 8.19. The summed E-state index contributed by atoms with van der Waals surface area (Å²) in [6.07, 6.45) is -5.18. The molecule has 3 N–H and O–H groups in total. The van der Waals surface area contributed by atoms with E-state index in [9.17, 15) is 13.2 Å². The summed E-state index contributed by atoms with van der Waals surface area (Å²) < 4.78 is 36.5. The Hall–Kier alpha value is -0.590. The molecule has 1 rings (SSSR count). The van der Waals surface area contributed by atoms with Crippen molar-refractivity contribution in [2.45, 2.75) is 25.2 Å². The van der Waals surface area contributed by atoms with Crippen LogP contribution in [0.25, 0.3) is 0 Å².